The van der Waals surface area contributed by atoms with Gasteiger partial charge in [0.1, 0.15) is 13.2 Å². The highest BCUT2D eigenvalue weighted by Gasteiger charge is 2.17. The molecule has 0 fully saturated rings. The number of benzene rings is 3. The molecule has 3 aromatic heterocycles. The van der Waals surface area contributed by atoms with Crippen LogP contribution in [0.2, 0.25) is 0 Å². The molecule has 0 saturated carbocycles. The second-order valence-corrected chi connectivity index (χ2v) is 8.05. The Morgan fingerprint density at radius 2 is 1.71 bits per heavy atom. The zero-order valence-electron chi connectivity index (χ0n) is 17.9. The summed E-state index contributed by atoms with van der Waals surface area (Å²) in [6.07, 6.45) is 3.34. The SMILES string of the molecule is O=c1c2cnc3nc(-c4ccc5c(c4)OCCO5)nn3c2ccn1-c1cccc2ccccc12. The Hall–Kier alpha value is -4.72. The van der Waals surface area contributed by atoms with Gasteiger partial charge in [0.25, 0.3) is 11.3 Å². The number of fused-ring (bicyclic) bond motifs is 5. The molecule has 164 valence electrons. The monoisotopic (exact) mass is 447 g/mol. The van der Waals surface area contributed by atoms with Gasteiger partial charge >= 0.3 is 0 Å². The van der Waals surface area contributed by atoms with E-state index in [0.717, 1.165) is 22.0 Å². The van der Waals surface area contributed by atoms with Gasteiger partial charge in [-0.15, -0.1) is 5.10 Å². The van der Waals surface area contributed by atoms with Crippen molar-refractivity contribution in [2.45, 2.75) is 0 Å². The fourth-order valence-corrected chi connectivity index (χ4v) is 4.43. The van der Waals surface area contributed by atoms with Crippen molar-refractivity contribution >= 4 is 27.5 Å². The van der Waals surface area contributed by atoms with Gasteiger partial charge in [0, 0.05) is 23.3 Å². The molecule has 1 aliphatic rings. The van der Waals surface area contributed by atoms with Crippen LogP contribution in [0.1, 0.15) is 0 Å². The molecule has 0 radical (unpaired) electrons. The number of nitrogens with zero attached hydrogens (tertiary/aromatic N) is 5. The van der Waals surface area contributed by atoms with E-state index < -0.39 is 0 Å². The third kappa shape index (κ3) is 2.78. The molecule has 8 heteroatoms. The van der Waals surface area contributed by atoms with Crippen LogP contribution in [0.3, 0.4) is 0 Å². The van der Waals surface area contributed by atoms with Crippen molar-refractivity contribution in [1.82, 2.24) is 24.1 Å². The highest BCUT2D eigenvalue weighted by molar-refractivity contribution is 5.90. The first kappa shape index (κ1) is 18.8. The number of pyridine rings is 1. The summed E-state index contributed by atoms with van der Waals surface area (Å²) in [5.74, 6) is 2.28. The van der Waals surface area contributed by atoms with E-state index in [9.17, 15) is 4.79 Å². The molecule has 0 aliphatic carbocycles. The molecular formula is C26H17N5O3. The minimum Gasteiger partial charge on any atom is -0.486 e. The highest BCUT2D eigenvalue weighted by Crippen LogP contribution is 2.33. The zero-order chi connectivity index (χ0) is 22.6. The maximum absolute atomic E-state index is 13.5. The van der Waals surface area contributed by atoms with Crippen molar-refractivity contribution in [1.29, 1.82) is 0 Å². The summed E-state index contributed by atoms with van der Waals surface area (Å²) in [4.78, 5) is 22.5. The van der Waals surface area contributed by atoms with Crippen molar-refractivity contribution in [3.8, 4) is 28.6 Å². The first-order valence-electron chi connectivity index (χ1n) is 10.9. The first-order valence-corrected chi connectivity index (χ1v) is 10.9. The predicted molar refractivity (Wildman–Crippen MR) is 128 cm³/mol. The smallest absolute Gasteiger partial charge is 0.266 e. The van der Waals surface area contributed by atoms with E-state index in [1.165, 1.54) is 0 Å². The summed E-state index contributed by atoms with van der Waals surface area (Å²) in [6, 6.07) is 21.4. The third-order valence-electron chi connectivity index (χ3n) is 6.06. The number of hydrogen-bond donors (Lipinski definition) is 0. The van der Waals surface area contributed by atoms with Gasteiger partial charge in [0.05, 0.1) is 16.6 Å². The van der Waals surface area contributed by atoms with Crippen molar-refractivity contribution in [2.75, 3.05) is 13.2 Å². The van der Waals surface area contributed by atoms with Gasteiger partial charge in [0.15, 0.2) is 17.3 Å². The Labute approximate surface area is 192 Å². The number of aromatic nitrogens is 5. The van der Waals surface area contributed by atoms with Crippen LogP contribution in [-0.2, 0) is 0 Å². The molecule has 34 heavy (non-hydrogen) atoms. The molecule has 6 aromatic rings. The summed E-state index contributed by atoms with van der Waals surface area (Å²) >= 11 is 0. The second-order valence-electron chi connectivity index (χ2n) is 8.05. The van der Waals surface area contributed by atoms with Crippen LogP contribution in [0.25, 0.3) is 44.5 Å². The molecule has 1 aliphatic heterocycles. The predicted octanol–water partition coefficient (Wildman–Crippen LogP) is 4.02. The lowest BCUT2D eigenvalue weighted by Gasteiger charge is -2.18. The molecule has 0 spiro atoms. The molecule has 0 unspecified atom stereocenters. The lowest BCUT2D eigenvalue weighted by molar-refractivity contribution is 0.171. The molecule has 0 atom stereocenters. The summed E-state index contributed by atoms with van der Waals surface area (Å²) < 4.78 is 14.5. The Balaban J connectivity index is 1.39. The molecular weight excluding hydrogens is 430 g/mol. The number of hydrogen-bond acceptors (Lipinski definition) is 6. The Kier molecular flexibility index (Phi) is 3.95. The van der Waals surface area contributed by atoms with E-state index in [1.807, 2.05) is 66.7 Å². The molecule has 0 N–H and O–H groups in total. The molecule has 7 rings (SSSR count). The van der Waals surface area contributed by atoms with E-state index in [2.05, 4.69) is 15.1 Å². The maximum atomic E-state index is 13.5. The van der Waals surface area contributed by atoms with Crippen molar-refractivity contribution < 1.29 is 9.47 Å². The van der Waals surface area contributed by atoms with Gasteiger partial charge in [-0.3, -0.25) is 9.36 Å². The molecule has 0 saturated heterocycles. The van der Waals surface area contributed by atoms with Crippen molar-refractivity contribution in [3.05, 3.63) is 89.5 Å². The van der Waals surface area contributed by atoms with Crippen LogP contribution in [-0.4, -0.2) is 37.4 Å². The van der Waals surface area contributed by atoms with E-state index >= 15 is 0 Å². The fourth-order valence-electron chi connectivity index (χ4n) is 4.43. The largest absolute Gasteiger partial charge is 0.486 e. The minimum absolute atomic E-state index is 0.167. The second kappa shape index (κ2) is 7.14. The van der Waals surface area contributed by atoms with E-state index in [1.54, 1.807) is 21.5 Å². The van der Waals surface area contributed by atoms with E-state index in [-0.39, 0.29) is 5.56 Å². The average Bonchev–Trinajstić information content (AvgIpc) is 3.33. The van der Waals surface area contributed by atoms with Crippen LogP contribution in [0, 0.1) is 0 Å². The molecule has 0 bridgehead atoms. The van der Waals surface area contributed by atoms with Crippen molar-refractivity contribution in [2.24, 2.45) is 0 Å². The topological polar surface area (TPSA) is 83.5 Å². The summed E-state index contributed by atoms with van der Waals surface area (Å²) in [7, 11) is 0. The van der Waals surface area contributed by atoms with Crippen LogP contribution in [0.15, 0.2) is 83.9 Å². The molecule has 0 amide bonds. The highest BCUT2D eigenvalue weighted by atomic mass is 16.6. The molecule has 3 aromatic carbocycles. The third-order valence-corrected chi connectivity index (χ3v) is 6.06. The average molecular weight is 447 g/mol. The van der Waals surface area contributed by atoms with Gasteiger partial charge < -0.3 is 9.47 Å². The summed E-state index contributed by atoms with van der Waals surface area (Å²) in [5.41, 5.74) is 2.08. The van der Waals surface area contributed by atoms with Gasteiger partial charge in [0.2, 0.25) is 0 Å². The molecule has 8 nitrogen and oxygen atoms in total. The lowest BCUT2D eigenvalue weighted by Crippen LogP contribution is -2.19. The normalized spacial score (nSPS) is 13.1. The summed E-state index contributed by atoms with van der Waals surface area (Å²) in [5, 5.41) is 7.18. The quantitative estimate of drug-likeness (QED) is 0.399. The fraction of sp³-hybridized carbons (Fsp3) is 0.0769. The van der Waals surface area contributed by atoms with Crippen LogP contribution < -0.4 is 15.0 Å². The van der Waals surface area contributed by atoms with Crippen molar-refractivity contribution in [3.63, 3.8) is 0 Å². The number of rotatable bonds is 2. The van der Waals surface area contributed by atoms with E-state index in [4.69, 9.17) is 9.47 Å². The van der Waals surface area contributed by atoms with Crippen LogP contribution >= 0.6 is 0 Å². The first-order chi connectivity index (χ1) is 16.8. The van der Waals surface area contributed by atoms with Gasteiger partial charge in [-0.1, -0.05) is 36.4 Å². The van der Waals surface area contributed by atoms with Crippen LogP contribution in [0.4, 0.5) is 0 Å². The molecule has 4 heterocycles. The van der Waals surface area contributed by atoms with Gasteiger partial charge in [-0.05, 0) is 35.7 Å². The Bertz CT molecular complexity index is 1800. The minimum atomic E-state index is -0.167. The van der Waals surface area contributed by atoms with E-state index in [0.29, 0.717) is 47.2 Å². The van der Waals surface area contributed by atoms with Gasteiger partial charge in [-0.2, -0.15) is 9.50 Å². The van der Waals surface area contributed by atoms with Gasteiger partial charge in [-0.25, -0.2) is 4.98 Å². The maximum Gasteiger partial charge on any atom is 0.266 e. The van der Waals surface area contributed by atoms with Crippen LogP contribution in [0.5, 0.6) is 11.5 Å². The summed E-state index contributed by atoms with van der Waals surface area (Å²) in [6.45, 7) is 1.04. The Morgan fingerprint density at radius 3 is 2.65 bits per heavy atom. The zero-order valence-corrected chi connectivity index (χ0v) is 17.9. The lowest BCUT2D eigenvalue weighted by atomic mass is 10.1. The Morgan fingerprint density at radius 1 is 0.853 bits per heavy atom. The number of ether oxygens (including phenoxy) is 2. The standard InChI is InChI=1S/C26H17N5O3/c32-25-19-15-27-26-28-24(17-8-9-22-23(14-17)34-13-12-33-22)29-31(26)21(19)10-11-30(25)20-7-3-5-16-4-1-2-6-18(16)20/h1-11,14-15H,12-13H2.